The molecule has 5 nitrogen and oxygen atoms in total. The minimum atomic E-state index is -0.690. The highest BCUT2D eigenvalue weighted by molar-refractivity contribution is 5.86. The number of aromatic hydroxyl groups is 1. The molecule has 0 aliphatic rings. The third-order valence-corrected chi connectivity index (χ3v) is 3.41. The Hall–Kier alpha value is -3.33. The van der Waals surface area contributed by atoms with Crippen molar-refractivity contribution < 1.29 is 18.7 Å². The number of nitrogens with zero attached hydrogens (tertiary/aromatic N) is 1. The number of nitriles is 1. The molecule has 0 bridgehead atoms. The standard InChI is InChI=1S/C17H10FNO4/c1-22-15-3-2-9(7-14(15)20)13-6-10-4-12(18)5-11(8-19)16(10)23-17(13)21/h2-7,20H,1H3. The van der Waals surface area contributed by atoms with E-state index in [1.54, 1.807) is 12.1 Å². The molecule has 6 heteroatoms. The molecular weight excluding hydrogens is 301 g/mol. The number of hydrogen-bond acceptors (Lipinski definition) is 5. The van der Waals surface area contributed by atoms with Crippen LogP contribution >= 0.6 is 0 Å². The van der Waals surface area contributed by atoms with E-state index in [-0.39, 0.29) is 33.6 Å². The fourth-order valence-corrected chi connectivity index (χ4v) is 2.34. The third kappa shape index (κ3) is 2.49. The summed E-state index contributed by atoms with van der Waals surface area (Å²) in [6.07, 6.45) is 0. The Morgan fingerprint density at radius 1 is 1.26 bits per heavy atom. The summed E-state index contributed by atoms with van der Waals surface area (Å²) < 4.78 is 23.7. The maximum atomic E-state index is 13.6. The van der Waals surface area contributed by atoms with Gasteiger partial charge in [0.15, 0.2) is 17.1 Å². The number of methoxy groups -OCH3 is 1. The molecule has 0 aliphatic carbocycles. The van der Waals surface area contributed by atoms with Gasteiger partial charge in [-0.1, -0.05) is 6.07 Å². The van der Waals surface area contributed by atoms with Gasteiger partial charge >= 0.3 is 5.63 Å². The molecular formula is C17H10FNO4. The Balaban J connectivity index is 2.27. The first-order chi connectivity index (χ1) is 11.0. The van der Waals surface area contributed by atoms with Crippen molar-refractivity contribution in [2.75, 3.05) is 7.11 Å². The summed E-state index contributed by atoms with van der Waals surface area (Å²) >= 11 is 0. The third-order valence-electron chi connectivity index (χ3n) is 3.41. The molecule has 1 N–H and O–H groups in total. The van der Waals surface area contributed by atoms with E-state index in [1.165, 1.54) is 31.4 Å². The summed E-state index contributed by atoms with van der Waals surface area (Å²) in [4.78, 5) is 12.2. The minimum absolute atomic E-state index is 0.0281. The van der Waals surface area contributed by atoms with Gasteiger partial charge in [-0.05, 0) is 35.9 Å². The van der Waals surface area contributed by atoms with Gasteiger partial charge in [-0.25, -0.2) is 9.18 Å². The molecule has 0 amide bonds. The van der Waals surface area contributed by atoms with Crippen LogP contribution < -0.4 is 10.4 Å². The molecule has 3 rings (SSSR count). The first kappa shape index (κ1) is 14.6. The molecule has 3 aromatic rings. The van der Waals surface area contributed by atoms with Crippen molar-refractivity contribution in [3.05, 3.63) is 58.2 Å². The van der Waals surface area contributed by atoms with Crippen molar-refractivity contribution in [1.82, 2.24) is 0 Å². The molecule has 0 saturated carbocycles. The van der Waals surface area contributed by atoms with Crippen LogP contribution in [0.5, 0.6) is 11.5 Å². The molecule has 0 aliphatic heterocycles. The molecule has 2 aromatic carbocycles. The van der Waals surface area contributed by atoms with Crippen LogP contribution in [0.3, 0.4) is 0 Å². The second-order valence-corrected chi connectivity index (χ2v) is 4.82. The van der Waals surface area contributed by atoms with Gasteiger partial charge < -0.3 is 14.3 Å². The number of ether oxygens (including phenoxy) is 1. The van der Waals surface area contributed by atoms with Crippen LogP contribution in [-0.2, 0) is 0 Å². The molecule has 0 fully saturated rings. The van der Waals surface area contributed by atoms with Crippen LogP contribution in [0.15, 0.2) is 45.6 Å². The zero-order valence-corrected chi connectivity index (χ0v) is 12.0. The summed E-state index contributed by atoms with van der Waals surface area (Å²) in [5.74, 6) is -0.482. The summed E-state index contributed by atoms with van der Waals surface area (Å²) in [7, 11) is 1.41. The number of phenols is 1. The van der Waals surface area contributed by atoms with Gasteiger partial charge in [-0.3, -0.25) is 0 Å². The largest absolute Gasteiger partial charge is 0.504 e. The van der Waals surface area contributed by atoms with Gasteiger partial charge in [0.25, 0.3) is 0 Å². The van der Waals surface area contributed by atoms with Crippen LogP contribution in [0.1, 0.15) is 5.56 Å². The molecule has 0 saturated heterocycles. The van der Waals surface area contributed by atoms with E-state index >= 15 is 0 Å². The van der Waals surface area contributed by atoms with Crippen molar-refractivity contribution in [3.8, 4) is 28.7 Å². The number of halogens is 1. The quantitative estimate of drug-likeness (QED) is 0.735. The molecule has 23 heavy (non-hydrogen) atoms. The smallest absolute Gasteiger partial charge is 0.344 e. The Labute approximate surface area is 129 Å². The highest BCUT2D eigenvalue weighted by Gasteiger charge is 2.13. The number of benzene rings is 2. The lowest BCUT2D eigenvalue weighted by Gasteiger charge is -2.07. The molecule has 0 radical (unpaired) electrons. The van der Waals surface area contributed by atoms with E-state index in [0.717, 1.165) is 6.07 Å². The van der Waals surface area contributed by atoms with E-state index in [9.17, 15) is 14.3 Å². The van der Waals surface area contributed by atoms with Gasteiger partial charge in [0.1, 0.15) is 11.9 Å². The topological polar surface area (TPSA) is 83.5 Å². The average molecular weight is 311 g/mol. The summed E-state index contributed by atoms with van der Waals surface area (Å²) in [6.45, 7) is 0. The predicted molar refractivity (Wildman–Crippen MR) is 80.8 cm³/mol. The summed E-state index contributed by atoms with van der Waals surface area (Å²) in [5.41, 5.74) is -0.182. The molecule has 0 unspecified atom stereocenters. The molecule has 0 atom stereocenters. The number of phenolic OH excluding ortho intramolecular Hbond substituents is 1. The molecule has 1 aromatic heterocycles. The number of fused-ring (bicyclic) bond motifs is 1. The van der Waals surface area contributed by atoms with Crippen molar-refractivity contribution >= 4 is 11.0 Å². The fraction of sp³-hybridized carbons (Fsp3) is 0.0588. The van der Waals surface area contributed by atoms with Crippen LogP contribution in [0.25, 0.3) is 22.1 Å². The first-order valence-electron chi connectivity index (χ1n) is 6.58. The maximum absolute atomic E-state index is 13.6. The van der Waals surface area contributed by atoms with Crippen molar-refractivity contribution in [2.45, 2.75) is 0 Å². The Morgan fingerprint density at radius 2 is 2.04 bits per heavy atom. The lowest BCUT2D eigenvalue weighted by atomic mass is 10.0. The minimum Gasteiger partial charge on any atom is -0.504 e. The van der Waals surface area contributed by atoms with Crippen molar-refractivity contribution in [2.24, 2.45) is 0 Å². The van der Waals surface area contributed by atoms with Gasteiger partial charge in [-0.15, -0.1) is 0 Å². The first-order valence-corrected chi connectivity index (χ1v) is 6.58. The maximum Gasteiger partial charge on any atom is 0.344 e. The predicted octanol–water partition coefficient (Wildman–Crippen LogP) is 3.18. The van der Waals surface area contributed by atoms with E-state index in [1.807, 2.05) is 0 Å². The van der Waals surface area contributed by atoms with Crippen LogP contribution in [-0.4, -0.2) is 12.2 Å². The lowest BCUT2D eigenvalue weighted by molar-refractivity contribution is 0.373. The molecule has 0 spiro atoms. The van der Waals surface area contributed by atoms with Gasteiger partial charge in [-0.2, -0.15) is 5.26 Å². The van der Waals surface area contributed by atoms with Gasteiger partial charge in [0.05, 0.1) is 18.2 Å². The molecule has 114 valence electrons. The van der Waals surface area contributed by atoms with Crippen molar-refractivity contribution in [1.29, 1.82) is 5.26 Å². The fourth-order valence-electron chi connectivity index (χ4n) is 2.34. The Bertz CT molecular complexity index is 1020. The van der Waals surface area contributed by atoms with Gasteiger partial charge in [0, 0.05) is 5.39 Å². The average Bonchev–Trinajstić information content (AvgIpc) is 2.54. The highest BCUT2D eigenvalue weighted by atomic mass is 19.1. The highest BCUT2D eigenvalue weighted by Crippen LogP contribution is 2.31. The Morgan fingerprint density at radius 3 is 2.70 bits per heavy atom. The van der Waals surface area contributed by atoms with Crippen LogP contribution in [0, 0.1) is 17.1 Å². The number of hydrogen-bond donors (Lipinski definition) is 1. The zero-order chi connectivity index (χ0) is 16.6. The monoisotopic (exact) mass is 311 g/mol. The number of rotatable bonds is 2. The lowest BCUT2D eigenvalue weighted by Crippen LogP contribution is -2.03. The SMILES string of the molecule is COc1ccc(-c2cc3cc(F)cc(C#N)c3oc2=O)cc1O. The van der Waals surface area contributed by atoms with Crippen LogP contribution in [0.2, 0.25) is 0 Å². The van der Waals surface area contributed by atoms with E-state index in [0.29, 0.717) is 5.56 Å². The molecule has 1 heterocycles. The van der Waals surface area contributed by atoms with Crippen LogP contribution in [0.4, 0.5) is 4.39 Å². The van der Waals surface area contributed by atoms with E-state index in [2.05, 4.69) is 0 Å². The Kier molecular flexibility index (Phi) is 3.47. The zero-order valence-electron chi connectivity index (χ0n) is 12.0. The van der Waals surface area contributed by atoms with Gasteiger partial charge in [0.2, 0.25) is 0 Å². The van der Waals surface area contributed by atoms with E-state index < -0.39 is 11.4 Å². The summed E-state index contributed by atoms with van der Waals surface area (Å²) in [5, 5.41) is 19.1. The normalized spacial score (nSPS) is 10.5. The second kappa shape index (κ2) is 5.46. The van der Waals surface area contributed by atoms with E-state index in [4.69, 9.17) is 14.4 Å². The van der Waals surface area contributed by atoms with Crippen molar-refractivity contribution in [3.63, 3.8) is 0 Å². The summed E-state index contributed by atoms with van der Waals surface area (Å²) in [6, 6.07) is 9.81. The second-order valence-electron chi connectivity index (χ2n) is 4.82.